The van der Waals surface area contributed by atoms with Crippen LogP contribution in [0, 0.1) is 41.4 Å². The van der Waals surface area contributed by atoms with Gasteiger partial charge < -0.3 is 48.6 Å². The van der Waals surface area contributed by atoms with Gasteiger partial charge in [0.25, 0.3) is 11.7 Å². The maximum Gasteiger partial charge on any atom is 0.329 e. The molecule has 1 aliphatic carbocycles. The molecule has 16 atom stereocenters. The fourth-order valence-electron chi connectivity index (χ4n) is 12.0. The van der Waals surface area contributed by atoms with Crippen molar-refractivity contribution < 1.29 is 67.7 Å². The van der Waals surface area contributed by atoms with Crippen molar-refractivity contribution in [2.24, 2.45) is 41.4 Å². The number of fused-ring (bicyclic) bond motifs is 4. The monoisotopic (exact) mass is 1030 g/mol. The second kappa shape index (κ2) is 27.6. The van der Waals surface area contributed by atoms with Crippen molar-refractivity contribution in [2.45, 2.75) is 173 Å². The molecule has 0 radical (unpaired) electrons. The minimum Gasteiger partial charge on any atom is -0.460 e. The number of methoxy groups -OCH3 is 2. The minimum absolute atomic E-state index is 0.00775. The Labute approximate surface area is 437 Å². The summed E-state index contributed by atoms with van der Waals surface area (Å²) >= 11 is 0. The molecule has 3 N–H and O–H groups in total. The molecule has 3 unspecified atom stereocenters. The van der Waals surface area contributed by atoms with Crippen molar-refractivity contribution in [3.63, 3.8) is 0 Å². The summed E-state index contributed by atoms with van der Waals surface area (Å²) in [7, 11) is 3.01. The van der Waals surface area contributed by atoms with Gasteiger partial charge in [-0.3, -0.25) is 29.1 Å². The number of ketones is 3. The quantitative estimate of drug-likeness (QED) is 0.135. The van der Waals surface area contributed by atoms with E-state index in [2.05, 4.69) is 9.97 Å². The highest BCUT2D eigenvalue weighted by atomic mass is 16.6. The van der Waals surface area contributed by atoms with Crippen molar-refractivity contribution in [2.75, 3.05) is 40.6 Å². The maximum atomic E-state index is 14.7. The number of piperidine rings is 1. The van der Waals surface area contributed by atoms with Gasteiger partial charge in [-0.2, -0.15) is 0 Å². The van der Waals surface area contributed by atoms with E-state index in [9.17, 15) is 39.3 Å². The summed E-state index contributed by atoms with van der Waals surface area (Å²) in [6.45, 7) is 11.2. The first-order chi connectivity index (χ1) is 35.4. The van der Waals surface area contributed by atoms with Gasteiger partial charge in [0, 0.05) is 82.3 Å². The Morgan fingerprint density at radius 2 is 1.65 bits per heavy atom. The first kappa shape index (κ1) is 58.9. The van der Waals surface area contributed by atoms with Crippen molar-refractivity contribution >= 4 is 29.2 Å². The molecule has 410 valence electrons. The Bertz CT molecular complexity index is 2180. The fourth-order valence-corrected chi connectivity index (χ4v) is 12.0. The van der Waals surface area contributed by atoms with Crippen LogP contribution in [0.2, 0.25) is 0 Å². The average Bonchev–Trinajstić information content (AvgIpc) is 3.39. The normalized spacial score (nSPS) is 38.9. The maximum absolute atomic E-state index is 14.7. The predicted molar refractivity (Wildman–Crippen MR) is 274 cm³/mol. The second-order valence-corrected chi connectivity index (χ2v) is 21.7. The van der Waals surface area contributed by atoms with E-state index in [1.165, 1.54) is 12.0 Å². The molecule has 3 saturated heterocycles. The summed E-state index contributed by atoms with van der Waals surface area (Å²) in [5.74, 6) is -8.70. The van der Waals surface area contributed by atoms with Crippen LogP contribution in [0.4, 0.5) is 0 Å². The molecule has 1 saturated carbocycles. The van der Waals surface area contributed by atoms with Crippen LogP contribution in [0.25, 0.3) is 0 Å². The molecular weight excluding hydrogens is 951 g/mol. The van der Waals surface area contributed by atoms with E-state index in [0.717, 1.165) is 17.7 Å². The Morgan fingerprint density at radius 3 is 2.36 bits per heavy atom. The summed E-state index contributed by atoms with van der Waals surface area (Å²) in [5, 5.41) is 33.3. The summed E-state index contributed by atoms with van der Waals surface area (Å²) in [6.07, 6.45) is 16.6. The lowest BCUT2D eigenvalue weighted by atomic mass is 9.68. The fraction of sp³-hybridized carbons (Fsp3) is 0.702. The summed E-state index contributed by atoms with van der Waals surface area (Å²) in [4.78, 5) is 81.8. The molecule has 74 heavy (non-hydrogen) atoms. The van der Waals surface area contributed by atoms with Gasteiger partial charge in [-0.25, -0.2) is 4.79 Å². The van der Waals surface area contributed by atoms with Crippen molar-refractivity contribution in [3.05, 3.63) is 71.9 Å². The molecule has 4 bridgehead atoms. The third-order valence-corrected chi connectivity index (χ3v) is 16.3. The van der Waals surface area contributed by atoms with Crippen LogP contribution in [0.15, 0.2) is 66.2 Å². The van der Waals surface area contributed by atoms with E-state index in [-0.39, 0.29) is 68.2 Å². The molecule has 17 nitrogen and oxygen atoms in total. The Hall–Kier alpha value is -4.33. The predicted octanol–water partition coefficient (Wildman–Crippen LogP) is 5.82. The van der Waals surface area contributed by atoms with Gasteiger partial charge >= 0.3 is 5.97 Å². The Morgan fingerprint density at radius 1 is 0.865 bits per heavy atom. The molecule has 0 spiro atoms. The summed E-state index contributed by atoms with van der Waals surface area (Å²) in [6, 6.07) is -1.15. The van der Waals surface area contributed by atoms with Gasteiger partial charge in [0.15, 0.2) is 5.78 Å². The standard InChI is InChI=1S/C57H83N3O14/c1-34-13-10-9-11-14-35(2)47(71-25-20-41-33-58-21-22-59-41)31-42-18-16-39(6)57(68,74-42)54(65)55(66)60-23-12-15-43-44(29-40-17-19-46(72-26-24-61)49(30-40)69-7)48(73-56(67)50(43)60)32-45(62)36(3)28-38(5)52(64)53(70-8)51(63)37(4)27-34/h9-11,13-14,21-22,28,33-34,36-37,39-40,42-44,46-50,52-53,61,64,68H,12,15-20,23-27,29-32H2,1-8H3/b11-9+,13-10+,35-14+,38-28+/t34-,36-,37-,39-,40+,42+,43-,44?,46-,47?,48+,49-,50?,52-,53+,57-/m1/s1. The highest BCUT2D eigenvalue weighted by Crippen LogP contribution is 2.45. The van der Waals surface area contributed by atoms with Gasteiger partial charge in [-0.05, 0) is 101 Å². The van der Waals surface area contributed by atoms with Crippen molar-refractivity contribution in [3.8, 4) is 0 Å². The number of Topliss-reactive ketones (excluding diaryl/α,β-unsaturated/α-hetero) is 3. The van der Waals surface area contributed by atoms with Gasteiger partial charge in [-0.15, -0.1) is 0 Å². The molecule has 4 fully saturated rings. The number of aromatic nitrogens is 2. The smallest absolute Gasteiger partial charge is 0.329 e. The SMILES string of the molecule is CO[C@@H]1C[C@H](CC2[C@H]3CCCN4C(=O)C(=O)[C@]5(O)O[C@@H](CC[C@H]5C)CC(OCCc5cnccn5)/C(C)=C/C=C/C=C/[C@@H](C)C[C@@H](C)C(=O)[C@H](OC)[C@H](O)/C(C)=C/[C@@H](C)C(=O)C[C@@H]2OC(=O)C34)CC[C@H]1OCCO. The van der Waals surface area contributed by atoms with Crippen LogP contribution in [0.5, 0.6) is 0 Å². The van der Waals surface area contributed by atoms with Gasteiger partial charge in [0.05, 0.1) is 49.9 Å². The van der Waals surface area contributed by atoms with E-state index >= 15 is 0 Å². The number of hydrogen-bond donors (Lipinski definition) is 3. The summed E-state index contributed by atoms with van der Waals surface area (Å²) in [5.41, 5.74) is 2.00. The topological polar surface area (TPSA) is 230 Å². The number of rotatable bonds is 11. The van der Waals surface area contributed by atoms with Crippen LogP contribution in [-0.4, -0.2) is 155 Å². The van der Waals surface area contributed by atoms with Gasteiger partial charge in [-0.1, -0.05) is 64.2 Å². The molecule has 5 aliphatic rings. The van der Waals surface area contributed by atoms with E-state index in [0.29, 0.717) is 70.0 Å². The number of allylic oxidation sites excluding steroid dienone is 6. The number of aliphatic hydroxyl groups is 3. The van der Waals surface area contributed by atoms with E-state index in [4.69, 9.17) is 28.4 Å². The second-order valence-electron chi connectivity index (χ2n) is 21.7. The molecule has 1 aromatic rings. The van der Waals surface area contributed by atoms with Crippen LogP contribution >= 0.6 is 0 Å². The molecule has 1 amide bonds. The molecule has 5 heterocycles. The molecular formula is C57H83N3O14. The largest absolute Gasteiger partial charge is 0.460 e. The number of esters is 1. The lowest BCUT2D eigenvalue weighted by Crippen LogP contribution is -2.65. The lowest BCUT2D eigenvalue weighted by Gasteiger charge is -2.50. The molecule has 1 aromatic heterocycles. The highest BCUT2D eigenvalue weighted by Gasteiger charge is 2.57. The first-order valence-electron chi connectivity index (χ1n) is 26.9. The van der Waals surface area contributed by atoms with Gasteiger partial charge in [0.1, 0.15) is 30.1 Å². The first-order valence-corrected chi connectivity index (χ1v) is 26.9. The van der Waals surface area contributed by atoms with Gasteiger partial charge in [0.2, 0.25) is 5.79 Å². The van der Waals surface area contributed by atoms with Crippen LogP contribution in [0.3, 0.4) is 0 Å². The van der Waals surface area contributed by atoms with Crippen molar-refractivity contribution in [1.29, 1.82) is 0 Å². The molecule has 17 heteroatoms. The third kappa shape index (κ3) is 14.8. The van der Waals surface area contributed by atoms with Crippen LogP contribution in [-0.2, 0) is 58.8 Å². The molecule has 4 aliphatic heterocycles. The number of carbonyl (C=O) groups is 5. The Balaban J connectivity index is 1.34. The van der Waals surface area contributed by atoms with E-state index in [1.807, 2.05) is 51.2 Å². The molecule has 6 rings (SSSR count). The number of nitrogens with zero attached hydrogens (tertiary/aromatic N) is 3. The molecule has 0 aromatic carbocycles. The van der Waals surface area contributed by atoms with Crippen molar-refractivity contribution in [1.82, 2.24) is 14.9 Å². The third-order valence-electron chi connectivity index (χ3n) is 16.3. The lowest BCUT2D eigenvalue weighted by molar-refractivity contribution is -0.266. The van der Waals surface area contributed by atoms with Crippen LogP contribution < -0.4 is 0 Å². The summed E-state index contributed by atoms with van der Waals surface area (Å²) < 4.78 is 36.5. The minimum atomic E-state index is -2.49. The highest BCUT2D eigenvalue weighted by molar-refractivity contribution is 6.39. The number of amides is 1. The number of aliphatic hydroxyl groups excluding tert-OH is 2. The number of carbonyl (C=O) groups excluding carboxylic acids is 5. The average molecular weight is 1030 g/mol. The zero-order valence-corrected chi connectivity index (χ0v) is 44.8. The number of hydrogen-bond acceptors (Lipinski definition) is 16. The van der Waals surface area contributed by atoms with E-state index < -0.39 is 89.6 Å². The Kier molecular flexibility index (Phi) is 22.0. The van der Waals surface area contributed by atoms with E-state index in [1.54, 1.807) is 52.5 Å². The zero-order valence-electron chi connectivity index (χ0n) is 44.8. The number of ether oxygens (including phenoxy) is 6. The van der Waals surface area contributed by atoms with Crippen LogP contribution in [0.1, 0.15) is 118 Å². The zero-order chi connectivity index (χ0) is 53.7.